The zero-order chi connectivity index (χ0) is 13.0. The maximum absolute atomic E-state index is 10.7. The lowest BCUT2D eigenvalue weighted by Crippen LogP contribution is -2.21. The third kappa shape index (κ3) is 6.21. The van der Waals surface area contributed by atoms with Crippen LogP contribution in [0, 0.1) is 0 Å². The quantitative estimate of drug-likeness (QED) is 0.416. The minimum Gasteiger partial charge on any atom is -0.741 e. The van der Waals surface area contributed by atoms with Crippen molar-refractivity contribution in [3.63, 3.8) is 0 Å². The molecule has 0 aliphatic rings. The molecule has 16 heavy (non-hydrogen) atoms. The largest absolute Gasteiger partial charge is 0.741 e. The van der Waals surface area contributed by atoms with E-state index in [4.69, 9.17) is 24.6 Å². The van der Waals surface area contributed by atoms with Crippen molar-refractivity contribution < 1.29 is 26.1 Å². The van der Waals surface area contributed by atoms with Gasteiger partial charge in [0.05, 0.1) is 0 Å². The fourth-order valence-corrected chi connectivity index (χ4v) is 0.743. The second-order valence-electron chi connectivity index (χ2n) is 2.41. The molecule has 0 spiro atoms. The van der Waals surface area contributed by atoms with Gasteiger partial charge in [0.1, 0.15) is 4.90 Å². The van der Waals surface area contributed by atoms with Crippen LogP contribution in [0.5, 0.6) is 0 Å². The number of rotatable bonds is 0. The van der Waals surface area contributed by atoms with E-state index >= 15 is 0 Å². The molecule has 9 heteroatoms. The van der Waals surface area contributed by atoms with Crippen LogP contribution in [0.25, 0.3) is 0 Å². The lowest BCUT2D eigenvalue weighted by Gasteiger charge is -2.08. The first kappa shape index (κ1) is 15.6. The Morgan fingerprint density at radius 1 is 1.19 bits per heavy atom. The molecule has 0 bridgehead atoms. The zero-order valence-electron chi connectivity index (χ0n) is 7.45. The molecular formula is C7H6ClF3O3S2. The predicted octanol–water partition coefficient (Wildman–Crippen LogP) is 1.76. The van der Waals surface area contributed by atoms with Gasteiger partial charge in [-0.1, -0.05) is 11.6 Å². The Bertz CT molecular complexity index is 406. The number of alkyl halides is 3. The number of hydrogen-bond donors (Lipinski definition) is 0. The van der Waals surface area contributed by atoms with E-state index in [0.29, 0.717) is 0 Å². The number of benzene rings is 1. The molecular weight excluding hydrogens is 289 g/mol. The monoisotopic (exact) mass is 294 g/mol. The smallest absolute Gasteiger partial charge is 0.485 e. The van der Waals surface area contributed by atoms with Crippen molar-refractivity contribution in [1.29, 1.82) is 0 Å². The molecule has 0 atom stereocenters. The first-order valence-electron chi connectivity index (χ1n) is 3.53. The Labute approximate surface area is 100 Å². The summed E-state index contributed by atoms with van der Waals surface area (Å²) in [4.78, 5) is 1.05. The minimum absolute atomic E-state index is 0.770. The summed E-state index contributed by atoms with van der Waals surface area (Å²) in [7, 11) is -6.09. The fraction of sp³-hybridized carbons (Fsp3) is 0.143. The summed E-state index contributed by atoms with van der Waals surface area (Å²) in [6, 6.07) is 7.48. The Hall–Kier alpha value is -0.440. The van der Waals surface area contributed by atoms with E-state index in [-0.39, 0.29) is 0 Å². The lowest BCUT2D eigenvalue weighted by molar-refractivity contribution is -0.0517. The van der Waals surface area contributed by atoms with E-state index in [1.807, 2.05) is 24.3 Å². The molecule has 0 heterocycles. The molecule has 1 aromatic carbocycles. The summed E-state index contributed by atoms with van der Waals surface area (Å²) in [5.74, 6) is 0. The summed E-state index contributed by atoms with van der Waals surface area (Å²) >= 11 is 8.92. The highest BCUT2D eigenvalue weighted by Crippen LogP contribution is 2.20. The van der Waals surface area contributed by atoms with Crippen molar-refractivity contribution >= 4 is 34.3 Å². The highest BCUT2D eigenvalue weighted by molar-refractivity contribution is 7.86. The second kappa shape index (κ2) is 5.76. The van der Waals surface area contributed by atoms with Crippen molar-refractivity contribution in [3.05, 3.63) is 29.3 Å². The van der Waals surface area contributed by atoms with Gasteiger partial charge in [0.15, 0.2) is 10.1 Å². The molecule has 0 fully saturated rings. The normalized spacial score (nSPS) is 11.6. The van der Waals surface area contributed by atoms with Gasteiger partial charge in [-0.2, -0.15) is 13.2 Å². The van der Waals surface area contributed by atoms with Crippen molar-refractivity contribution in [1.82, 2.24) is 0 Å². The molecule has 0 aliphatic heterocycles. The maximum atomic E-state index is 10.7. The van der Waals surface area contributed by atoms with E-state index in [2.05, 4.69) is 12.6 Å². The van der Waals surface area contributed by atoms with Crippen LogP contribution in [-0.4, -0.2) is 18.5 Å². The van der Waals surface area contributed by atoms with Gasteiger partial charge in [-0.3, -0.25) is 0 Å². The van der Waals surface area contributed by atoms with E-state index in [9.17, 15) is 13.2 Å². The summed E-state index contributed by atoms with van der Waals surface area (Å²) in [5, 5.41) is 0.770. The Kier molecular flexibility index (Phi) is 5.60. The van der Waals surface area contributed by atoms with Crippen LogP contribution >= 0.6 is 11.6 Å². The molecule has 0 aliphatic carbocycles. The molecule has 0 radical (unpaired) electrons. The van der Waals surface area contributed by atoms with Crippen LogP contribution in [0.4, 0.5) is 13.2 Å². The topological polar surface area (TPSA) is 57.2 Å². The molecule has 0 amide bonds. The number of halogens is 4. The van der Waals surface area contributed by atoms with Crippen LogP contribution in [0.3, 0.4) is 0 Å². The van der Waals surface area contributed by atoms with Gasteiger partial charge in [-0.25, -0.2) is 8.42 Å². The average molecular weight is 295 g/mol. The van der Waals surface area contributed by atoms with Gasteiger partial charge in [0.25, 0.3) is 0 Å². The molecule has 0 unspecified atom stereocenters. The summed E-state index contributed by atoms with van der Waals surface area (Å²) in [6.07, 6.45) is 0. The molecule has 1 aromatic rings. The molecule has 0 aromatic heterocycles. The van der Waals surface area contributed by atoms with Crippen LogP contribution in [0.1, 0.15) is 0 Å². The Balaban J connectivity index is 0.000000281. The standard InChI is InChI=1S/C6H5ClS.CHF3O3S/c7-5-1-3-6(8)4-2-5;2-1(3,4)8(5,6)7/h1-4,8H;(H,5,6,7). The first-order chi connectivity index (χ1) is 7.04. The van der Waals surface area contributed by atoms with E-state index in [1.165, 1.54) is 0 Å². The van der Waals surface area contributed by atoms with Crippen molar-refractivity contribution in [3.8, 4) is 0 Å². The molecule has 92 valence electrons. The highest BCUT2D eigenvalue weighted by atomic mass is 35.5. The van der Waals surface area contributed by atoms with E-state index in [0.717, 1.165) is 9.92 Å². The summed E-state index contributed by atoms with van der Waals surface area (Å²) in [5.41, 5.74) is -5.65. The molecule has 1 rings (SSSR count). The van der Waals surface area contributed by atoms with Gasteiger partial charge in [0, 0.05) is 5.02 Å². The second-order valence-corrected chi connectivity index (χ2v) is 4.79. The lowest BCUT2D eigenvalue weighted by atomic mass is 10.4. The van der Waals surface area contributed by atoms with E-state index < -0.39 is 15.6 Å². The van der Waals surface area contributed by atoms with Crippen LogP contribution in [0.15, 0.2) is 29.2 Å². The summed E-state index contributed by atoms with van der Waals surface area (Å²) in [6.45, 7) is 0. The third-order valence-corrected chi connectivity index (χ3v) is 2.28. The van der Waals surface area contributed by atoms with Gasteiger partial charge in [0.2, 0.25) is 0 Å². The first-order valence-corrected chi connectivity index (χ1v) is 5.82. The highest BCUT2D eigenvalue weighted by Gasteiger charge is 2.36. The third-order valence-electron chi connectivity index (χ3n) is 1.13. The molecule has 0 saturated carbocycles. The van der Waals surface area contributed by atoms with Gasteiger partial charge in [-0.15, -0.1) is 0 Å². The van der Waals surface area contributed by atoms with Crippen LogP contribution in [-0.2, 0) is 22.7 Å². The Morgan fingerprint density at radius 3 is 1.69 bits per heavy atom. The number of hydrogen-bond acceptors (Lipinski definition) is 3. The average Bonchev–Trinajstić information content (AvgIpc) is 2.08. The predicted molar refractivity (Wildman–Crippen MR) is 55.6 cm³/mol. The summed E-state index contributed by atoms with van der Waals surface area (Å²) < 4.78 is 58.9. The van der Waals surface area contributed by atoms with Gasteiger partial charge in [-0.05, 0) is 36.9 Å². The maximum Gasteiger partial charge on any atom is 0.485 e. The SMILES string of the molecule is O=S(=O)([O-])C(F)(F)F.[SH2+]c1ccc(Cl)cc1. The minimum atomic E-state index is -6.09. The molecule has 0 saturated heterocycles. The Morgan fingerprint density at radius 2 is 1.50 bits per heavy atom. The molecule has 3 nitrogen and oxygen atoms in total. The van der Waals surface area contributed by atoms with Crippen LogP contribution in [0.2, 0.25) is 5.02 Å². The van der Waals surface area contributed by atoms with Gasteiger partial charge < -0.3 is 4.55 Å². The van der Waals surface area contributed by atoms with Gasteiger partial charge >= 0.3 is 5.51 Å². The van der Waals surface area contributed by atoms with Crippen LogP contribution < -0.4 is 0 Å². The zero-order valence-corrected chi connectivity index (χ0v) is 10.0. The van der Waals surface area contributed by atoms with E-state index in [1.54, 1.807) is 0 Å². The van der Waals surface area contributed by atoms with Crippen molar-refractivity contribution in [2.75, 3.05) is 0 Å². The fourth-order valence-electron chi connectivity index (χ4n) is 0.450. The van der Waals surface area contributed by atoms with Crippen molar-refractivity contribution in [2.45, 2.75) is 10.4 Å². The van der Waals surface area contributed by atoms with Crippen molar-refractivity contribution in [2.24, 2.45) is 0 Å². The molecule has 0 N–H and O–H groups in total.